The van der Waals surface area contributed by atoms with Crippen LogP contribution in [0.2, 0.25) is 5.02 Å². The molecule has 0 amide bonds. The standard InChI is InChI=1S/C13H18ClNO/c1-3-6-10(2)15-9-13(16)11-7-4-5-8-12(11)14/h3-5,7-8,10,13,15-16H,1,6,9H2,2H3. The third-order valence-electron chi connectivity index (χ3n) is 2.44. The Balaban J connectivity index is 2.49. The first kappa shape index (κ1) is 13.2. The van der Waals surface area contributed by atoms with Crippen molar-refractivity contribution in [1.29, 1.82) is 0 Å². The summed E-state index contributed by atoms with van der Waals surface area (Å²) in [4.78, 5) is 0. The molecular formula is C13H18ClNO. The van der Waals surface area contributed by atoms with Gasteiger partial charge in [-0.2, -0.15) is 0 Å². The van der Waals surface area contributed by atoms with Crippen molar-refractivity contribution < 1.29 is 5.11 Å². The van der Waals surface area contributed by atoms with Gasteiger partial charge in [0.1, 0.15) is 0 Å². The van der Waals surface area contributed by atoms with Crippen molar-refractivity contribution in [1.82, 2.24) is 5.32 Å². The molecule has 88 valence electrons. The maximum absolute atomic E-state index is 9.95. The number of hydrogen-bond donors (Lipinski definition) is 2. The van der Waals surface area contributed by atoms with E-state index in [0.29, 0.717) is 17.6 Å². The fraction of sp³-hybridized carbons (Fsp3) is 0.385. The first-order valence-electron chi connectivity index (χ1n) is 5.42. The molecule has 2 nitrogen and oxygen atoms in total. The van der Waals surface area contributed by atoms with Crippen LogP contribution < -0.4 is 5.32 Å². The Morgan fingerprint density at radius 3 is 2.81 bits per heavy atom. The molecule has 0 saturated carbocycles. The summed E-state index contributed by atoms with van der Waals surface area (Å²) in [5.74, 6) is 0. The highest BCUT2D eigenvalue weighted by molar-refractivity contribution is 6.31. The molecule has 0 saturated heterocycles. The van der Waals surface area contributed by atoms with E-state index in [0.717, 1.165) is 12.0 Å². The Hall–Kier alpha value is -0.830. The summed E-state index contributed by atoms with van der Waals surface area (Å²) in [5.41, 5.74) is 0.766. The number of halogens is 1. The lowest BCUT2D eigenvalue weighted by Gasteiger charge is -2.17. The van der Waals surface area contributed by atoms with Gasteiger partial charge in [-0.15, -0.1) is 6.58 Å². The molecule has 1 aromatic rings. The van der Waals surface area contributed by atoms with Crippen LogP contribution in [-0.2, 0) is 0 Å². The number of aliphatic hydroxyl groups excluding tert-OH is 1. The molecule has 3 heteroatoms. The minimum Gasteiger partial charge on any atom is -0.387 e. The fourth-order valence-corrected chi connectivity index (χ4v) is 1.76. The van der Waals surface area contributed by atoms with Gasteiger partial charge < -0.3 is 10.4 Å². The molecule has 0 aliphatic carbocycles. The number of aliphatic hydroxyl groups is 1. The van der Waals surface area contributed by atoms with E-state index in [1.807, 2.05) is 24.3 Å². The molecule has 1 aromatic carbocycles. The van der Waals surface area contributed by atoms with Crippen LogP contribution in [0, 0.1) is 0 Å². The van der Waals surface area contributed by atoms with Crippen LogP contribution in [0.25, 0.3) is 0 Å². The number of rotatable bonds is 6. The van der Waals surface area contributed by atoms with Crippen molar-refractivity contribution in [2.45, 2.75) is 25.5 Å². The fourth-order valence-electron chi connectivity index (χ4n) is 1.50. The third kappa shape index (κ3) is 3.97. The van der Waals surface area contributed by atoms with Crippen LogP contribution in [-0.4, -0.2) is 17.7 Å². The minimum atomic E-state index is -0.569. The topological polar surface area (TPSA) is 32.3 Å². The van der Waals surface area contributed by atoms with Crippen LogP contribution in [0.15, 0.2) is 36.9 Å². The van der Waals surface area contributed by atoms with Crippen molar-refractivity contribution in [2.75, 3.05) is 6.54 Å². The first-order chi connectivity index (χ1) is 7.65. The number of benzene rings is 1. The van der Waals surface area contributed by atoms with E-state index >= 15 is 0 Å². The molecular weight excluding hydrogens is 222 g/mol. The summed E-state index contributed by atoms with van der Waals surface area (Å²) >= 11 is 5.99. The quantitative estimate of drug-likeness (QED) is 0.749. The van der Waals surface area contributed by atoms with Crippen LogP contribution in [0.3, 0.4) is 0 Å². The lowest BCUT2D eigenvalue weighted by molar-refractivity contribution is 0.171. The predicted molar refractivity (Wildman–Crippen MR) is 68.7 cm³/mol. The summed E-state index contributed by atoms with van der Waals surface area (Å²) in [5, 5.41) is 13.8. The van der Waals surface area contributed by atoms with E-state index < -0.39 is 6.10 Å². The zero-order valence-electron chi connectivity index (χ0n) is 9.49. The van der Waals surface area contributed by atoms with E-state index in [1.54, 1.807) is 6.07 Å². The highest BCUT2D eigenvalue weighted by Crippen LogP contribution is 2.21. The van der Waals surface area contributed by atoms with Crippen molar-refractivity contribution in [3.63, 3.8) is 0 Å². The molecule has 0 aliphatic heterocycles. The molecule has 0 spiro atoms. The summed E-state index contributed by atoms with van der Waals surface area (Å²) < 4.78 is 0. The Kier molecular flexibility index (Phi) is 5.53. The van der Waals surface area contributed by atoms with Crippen molar-refractivity contribution in [2.24, 2.45) is 0 Å². The van der Waals surface area contributed by atoms with Gasteiger partial charge in [0.05, 0.1) is 6.10 Å². The molecule has 2 unspecified atom stereocenters. The number of nitrogens with one attached hydrogen (secondary N) is 1. The molecule has 0 aromatic heterocycles. The highest BCUT2D eigenvalue weighted by Gasteiger charge is 2.11. The summed E-state index contributed by atoms with van der Waals surface area (Å²) in [6, 6.07) is 7.67. The summed E-state index contributed by atoms with van der Waals surface area (Å²) in [7, 11) is 0. The lowest BCUT2D eigenvalue weighted by Crippen LogP contribution is -2.30. The Morgan fingerprint density at radius 1 is 1.50 bits per heavy atom. The average molecular weight is 240 g/mol. The number of hydrogen-bond acceptors (Lipinski definition) is 2. The second-order valence-electron chi connectivity index (χ2n) is 3.87. The maximum atomic E-state index is 9.95. The van der Waals surface area contributed by atoms with Crippen LogP contribution >= 0.6 is 11.6 Å². The van der Waals surface area contributed by atoms with Crippen molar-refractivity contribution >= 4 is 11.6 Å². The Labute approximate surface area is 102 Å². The smallest absolute Gasteiger partial charge is 0.0928 e. The van der Waals surface area contributed by atoms with Gasteiger partial charge in [0.15, 0.2) is 0 Å². The molecule has 0 aliphatic rings. The molecule has 16 heavy (non-hydrogen) atoms. The highest BCUT2D eigenvalue weighted by atomic mass is 35.5. The zero-order valence-corrected chi connectivity index (χ0v) is 10.2. The van der Waals surface area contributed by atoms with E-state index in [2.05, 4.69) is 18.8 Å². The van der Waals surface area contributed by atoms with Crippen LogP contribution in [0.1, 0.15) is 25.0 Å². The molecule has 0 radical (unpaired) electrons. The Morgan fingerprint density at radius 2 is 2.19 bits per heavy atom. The van der Waals surface area contributed by atoms with Gasteiger partial charge >= 0.3 is 0 Å². The second kappa shape index (κ2) is 6.69. The van der Waals surface area contributed by atoms with Gasteiger partial charge in [0.25, 0.3) is 0 Å². The SMILES string of the molecule is C=CCC(C)NCC(O)c1ccccc1Cl. The van der Waals surface area contributed by atoms with E-state index in [1.165, 1.54) is 0 Å². The van der Waals surface area contributed by atoms with Gasteiger partial charge in [-0.1, -0.05) is 35.9 Å². The predicted octanol–water partition coefficient (Wildman–Crippen LogP) is 2.93. The normalized spacial score (nSPS) is 14.4. The van der Waals surface area contributed by atoms with Gasteiger partial charge in [-0.25, -0.2) is 0 Å². The first-order valence-corrected chi connectivity index (χ1v) is 5.79. The maximum Gasteiger partial charge on any atom is 0.0928 e. The average Bonchev–Trinajstić information content (AvgIpc) is 2.27. The minimum absolute atomic E-state index is 0.314. The van der Waals surface area contributed by atoms with E-state index in [4.69, 9.17) is 11.6 Å². The van der Waals surface area contributed by atoms with Gasteiger partial charge in [0.2, 0.25) is 0 Å². The van der Waals surface area contributed by atoms with Gasteiger partial charge in [0, 0.05) is 23.2 Å². The van der Waals surface area contributed by atoms with Gasteiger partial charge in [-0.05, 0) is 19.4 Å². The third-order valence-corrected chi connectivity index (χ3v) is 2.79. The molecule has 2 N–H and O–H groups in total. The lowest BCUT2D eigenvalue weighted by atomic mass is 10.1. The zero-order chi connectivity index (χ0) is 12.0. The van der Waals surface area contributed by atoms with Crippen molar-refractivity contribution in [3.8, 4) is 0 Å². The summed E-state index contributed by atoms with van der Waals surface area (Å²) in [6.07, 6.45) is 2.18. The molecule has 0 heterocycles. The monoisotopic (exact) mass is 239 g/mol. The molecule has 0 bridgehead atoms. The van der Waals surface area contributed by atoms with Crippen LogP contribution in [0.5, 0.6) is 0 Å². The van der Waals surface area contributed by atoms with E-state index in [-0.39, 0.29) is 0 Å². The summed E-state index contributed by atoms with van der Waals surface area (Å²) in [6.45, 7) is 6.23. The second-order valence-corrected chi connectivity index (χ2v) is 4.28. The molecule has 2 atom stereocenters. The molecule has 1 rings (SSSR count). The van der Waals surface area contributed by atoms with Crippen molar-refractivity contribution in [3.05, 3.63) is 47.5 Å². The van der Waals surface area contributed by atoms with Crippen LogP contribution in [0.4, 0.5) is 0 Å². The largest absolute Gasteiger partial charge is 0.387 e. The van der Waals surface area contributed by atoms with E-state index in [9.17, 15) is 5.11 Å². The van der Waals surface area contributed by atoms with Gasteiger partial charge in [-0.3, -0.25) is 0 Å². The molecule has 0 fully saturated rings. The Bertz CT molecular complexity index is 340.